The third-order valence-electron chi connectivity index (χ3n) is 8.04. The van der Waals surface area contributed by atoms with Crippen LogP contribution in [0, 0.1) is 0 Å². The molecule has 4 heterocycles. The van der Waals surface area contributed by atoms with Gasteiger partial charge in [0.05, 0.1) is 27.6 Å². The van der Waals surface area contributed by atoms with Crippen molar-refractivity contribution >= 4 is 54.6 Å². The molecule has 9 rings (SSSR count). The number of rotatable bonds is 3. The molecule has 5 aromatic carbocycles. The molecule has 0 spiro atoms. The van der Waals surface area contributed by atoms with Crippen molar-refractivity contribution in [1.29, 1.82) is 0 Å². The first-order chi connectivity index (χ1) is 20.8. The van der Waals surface area contributed by atoms with Gasteiger partial charge < -0.3 is 4.42 Å². The summed E-state index contributed by atoms with van der Waals surface area (Å²) in [5.41, 5.74) is 7.43. The molecular weight excluding hydrogens is 516 g/mol. The van der Waals surface area contributed by atoms with Crippen LogP contribution in [0.25, 0.3) is 83.1 Å². The summed E-state index contributed by atoms with van der Waals surface area (Å²) < 4.78 is 8.93. The molecule has 0 amide bonds. The summed E-state index contributed by atoms with van der Waals surface area (Å²) in [7, 11) is 0. The highest BCUT2D eigenvalue weighted by Gasteiger charge is 2.24. The van der Waals surface area contributed by atoms with Crippen LogP contribution in [-0.4, -0.2) is 19.5 Å². The Morgan fingerprint density at radius 3 is 2.10 bits per heavy atom. The third-order valence-corrected chi connectivity index (χ3v) is 8.04. The first-order valence-corrected chi connectivity index (χ1v) is 14.0. The van der Waals surface area contributed by atoms with Crippen LogP contribution in [0.15, 0.2) is 138 Å². The fourth-order valence-electron chi connectivity index (χ4n) is 6.24. The van der Waals surface area contributed by atoms with E-state index < -0.39 is 0 Å². The Morgan fingerprint density at radius 2 is 1.26 bits per heavy atom. The van der Waals surface area contributed by atoms with Gasteiger partial charge in [0.1, 0.15) is 11.4 Å². The Morgan fingerprint density at radius 1 is 0.571 bits per heavy atom. The molecule has 0 saturated carbocycles. The van der Waals surface area contributed by atoms with Crippen molar-refractivity contribution in [1.82, 2.24) is 19.5 Å². The maximum Gasteiger partial charge on any atom is 0.162 e. The minimum atomic E-state index is 0.668. The fourth-order valence-corrected chi connectivity index (χ4v) is 6.24. The average molecular weight is 539 g/mol. The highest BCUT2D eigenvalue weighted by molar-refractivity contribution is 6.34. The van der Waals surface area contributed by atoms with Gasteiger partial charge in [0.2, 0.25) is 0 Å². The molecule has 0 fully saturated rings. The summed E-state index contributed by atoms with van der Waals surface area (Å²) in [4.78, 5) is 15.1. The van der Waals surface area contributed by atoms with Gasteiger partial charge in [-0.05, 0) is 18.2 Å². The van der Waals surface area contributed by atoms with Crippen LogP contribution in [0.2, 0.25) is 0 Å². The number of fused-ring (bicyclic) bond motifs is 10. The molecular formula is C37H22N4O. The van der Waals surface area contributed by atoms with Gasteiger partial charge in [0.15, 0.2) is 11.4 Å². The van der Waals surface area contributed by atoms with Gasteiger partial charge >= 0.3 is 0 Å². The second kappa shape index (κ2) is 8.85. The van der Waals surface area contributed by atoms with E-state index in [9.17, 15) is 0 Å². The van der Waals surface area contributed by atoms with E-state index in [0.717, 1.165) is 77.3 Å². The van der Waals surface area contributed by atoms with E-state index in [2.05, 4.69) is 77.4 Å². The Labute approximate surface area is 240 Å². The lowest BCUT2D eigenvalue weighted by Gasteiger charge is -2.12. The molecule has 0 saturated heterocycles. The first kappa shape index (κ1) is 22.9. The van der Waals surface area contributed by atoms with Crippen LogP contribution >= 0.6 is 0 Å². The lowest BCUT2D eigenvalue weighted by Crippen LogP contribution is -2.02. The molecule has 0 aliphatic carbocycles. The quantitative estimate of drug-likeness (QED) is 0.225. The van der Waals surface area contributed by atoms with Gasteiger partial charge in [0.25, 0.3) is 0 Å². The maximum absolute atomic E-state index is 6.69. The number of hydrogen-bond acceptors (Lipinski definition) is 4. The van der Waals surface area contributed by atoms with Crippen molar-refractivity contribution in [2.45, 2.75) is 0 Å². The van der Waals surface area contributed by atoms with Crippen LogP contribution in [0.5, 0.6) is 0 Å². The summed E-state index contributed by atoms with van der Waals surface area (Å²) >= 11 is 0. The van der Waals surface area contributed by atoms with Gasteiger partial charge in [0, 0.05) is 44.9 Å². The third kappa shape index (κ3) is 3.28. The predicted octanol–water partition coefficient (Wildman–Crippen LogP) is 9.36. The van der Waals surface area contributed by atoms with Gasteiger partial charge in [-0.3, -0.25) is 9.55 Å². The van der Waals surface area contributed by atoms with Crippen LogP contribution in [0.3, 0.4) is 0 Å². The zero-order valence-corrected chi connectivity index (χ0v) is 22.4. The number of benzene rings is 5. The molecule has 0 unspecified atom stereocenters. The van der Waals surface area contributed by atoms with E-state index >= 15 is 0 Å². The smallest absolute Gasteiger partial charge is 0.162 e. The van der Waals surface area contributed by atoms with E-state index in [4.69, 9.17) is 19.4 Å². The van der Waals surface area contributed by atoms with E-state index in [0.29, 0.717) is 5.82 Å². The first-order valence-electron chi connectivity index (χ1n) is 14.0. The Kier molecular flexibility index (Phi) is 4.83. The monoisotopic (exact) mass is 538 g/mol. The Hall–Kier alpha value is -5.81. The van der Waals surface area contributed by atoms with Crippen LogP contribution < -0.4 is 0 Å². The fraction of sp³-hybridized carbons (Fsp3) is 0. The zero-order chi connectivity index (χ0) is 27.6. The summed E-state index contributed by atoms with van der Waals surface area (Å²) in [5.74, 6) is 1.44. The summed E-state index contributed by atoms with van der Waals surface area (Å²) in [5, 5.41) is 5.36. The van der Waals surface area contributed by atoms with E-state index in [1.54, 1.807) is 0 Å². The molecule has 0 atom stereocenters. The molecule has 5 heteroatoms. The molecule has 0 aliphatic heterocycles. The minimum absolute atomic E-state index is 0.668. The van der Waals surface area contributed by atoms with E-state index in [1.807, 2.05) is 60.8 Å². The van der Waals surface area contributed by atoms with Gasteiger partial charge in [-0.15, -0.1) is 0 Å². The standard InChI is InChI=1S/C37H22N4O/c1-3-12-23(13-4-1)28-22-31(40-37(39-28)24-14-5-2-6-15-24)41-29-19-9-7-16-25(29)32-27-18-11-21-38-34(27)33-26-17-8-10-20-30(26)42-36(33)35(32)41/h1-22H. The zero-order valence-electron chi connectivity index (χ0n) is 22.4. The highest BCUT2D eigenvalue weighted by Crippen LogP contribution is 2.45. The van der Waals surface area contributed by atoms with Crippen molar-refractivity contribution in [3.8, 4) is 28.5 Å². The van der Waals surface area contributed by atoms with Gasteiger partial charge in [-0.1, -0.05) is 103 Å². The van der Waals surface area contributed by atoms with Crippen molar-refractivity contribution in [3.05, 3.63) is 134 Å². The molecule has 0 radical (unpaired) electrons. The molecule has 0 aliphatic rings. The Bertz CT molecular complexity index is 2400. The largest absolute Gasteiger partial charge is 0.454 e. The number of hydrogen-bond donors (Lipinski definition) is 0. The van der Waals surface area contributed by atoms with Crippen molar-refractivity contribution in [2.24, 2.45) is 0 Å². The normalized spacial score (nSPS) is 11.8. The number of para-hydroxylation sites is 2. The molecule has 5 nitrogen and oxygen atoms in total. The van der Waals surface area contributed by atoms with E-state index in [1.165, 1.54) is 0 Å². The summed E-state index contributed by atoms with van der Waals surface area (Å²) in [6.45, 7) is 0. The molecule has 42 heavy (non-hydrogen) atoms. The molecule has 0 N–H and O–H groups in total. The second-order valence-electron chi connectivity index (χ2n) is 10.4. The lowest BCUT2D eigenvalue weighted by atomic mass is 10.0. The molecule has 196 valence electrons. The topological polar surface area (TPSA) is 56.7 Å². The maximum atomic E-state index is 6.69. The number of pyridine rings is 1. The minimum Gasteiger partial charge on any atom is -0.454 e. The van der Waals surface area contributed by atoms with Gasteiger partial charge in [-0.2, -0.15) is 0 Å². The second-order valence-corrected chi connectivity index (χ2v) is 10.4. The van der Waals surface area contributed by atoms with Crippen LogP contribution in [0.1, 0.15) is 0 Å². The van der Waals surface area contributed by atoms with Crippen molar-refractivity contribution < 1.29 is 4.42 Å². The highest BCUT2D eigenvalue weighted by atomic mass is 16.3. The summed E-state index contributed by atoms with van der Waals surface area (Å²) in [6.07, 6.45) is 1.86. The summed E-state index contributed by atoms with van der Waals surface area (Å²) in [6, 6.07) is 43.3. The van der Waals surface area contributed by atoms with Crippen LogP contribution in [0.4, 0.5) is 0 Å². The van der Waals surface area contributed by atoms with E-state index in [-0.39, 0.29) is 0 Å². The number of furan rings is 1. The Balaban J connectivity index is 1.50. The average Bonchev–Trinajstić information content (AvgIpc) is 3.62. The van der Waals surface area contributed by atoms with Crippen molar-refractivity contribution in [3.63, 3.8) is 0 Å². The van der Waals surface area contributed by atoms with Gasteiger partial charge in [-0.25, -0.2) is 9.97 Å². The molecule has 4 aromatic heterocycles. The molecule has 0 bridgehead atoms. The molecule has 9 aromatic rings. The lowest BCUT2D eigenvalue weighted by molar-refractivity contribution is 0.671. The SMILES string of the molecule is c1ccc(-c2cc(-n3c4ccccc4c4c5cccnc5c5c6ccccc6oc5c43)nc(-c3ccccc3)n2)cc1. The van der Waals surface area contributed by atoms with Crippen LogP contribution in [-0.2, 0) is 0 Å². The number of nitrogens with zero attached hydrogens (tertiary/aromatic N) is 4. The number of aromatic nitrogens is 4. The van der Waals surface area contributed by atoms with Crippen molar-refractivity contribution in [2.75, 3.05) is 0 Å². The predicted molar refractivity (Wildman–Crippen MR) is 170 cm³/mol.